The van der Waals surface area contributed by atoms with Crippen LogP contribution in [0.4, 0.5) is 6.01 Å². The summed E-state index contributed by atoms with van der Waals surface area (Å²) in [5, 5.41) is 11.1. The maximum absolute atomic E-state index is 5.60. The molecule has 0 amide bonds. The number of hydrogen-bond donors (Lipinski definition) is 1. The average Bonchev–Trinajstić information content (AvgIpc) is 2.66. The maximum Gasteiger partial charge on any atom is 0.315 e. The van der Waals surface area contributed by atoms with Crippen molar-refractivity contribution in [1.82, 2.24) is 10.2 Å². The molecular formula is C10H16ClN3O2. The zero-order valence-corrected chi connectivity index (χ0v) is 10.1. The number of rotatable bonds is 4. The fraction of sp³-hybridized carbons (Fsp3) is 0.800. The van der Waals surface area contributed by atoms with E-state index in [4.69, 9.17) is 20.8 Å². The third kappa shape index (κ3) is 2.86. The molecule has 1 aromatic heterocycles. The van der Waals surface area contributed by atoms with Crippen LogP contribution in [-0.2, 0) is 11.2 Å². The van der Waals surface area contributed by atoms with Crippen molar-refractivity contribution in [2.75, 3.05) is 24.4 Å². The number of nitrogens with zero attached hydrogens (tertiary/aromatic N) is 2. The second-order valence-electron chi connectivity index (χ2n) is 4.28. The van der Waals surface area contributed by atoms with Gasteiger partial charge in [-0.1, -0.05) is 5.10 Å². The van der Waals surface area contributed by atoms with E-state index in [1.54, 1.807) is 0 Å². The molecule has 1 saturated heterocycles. The van der Waals surface area contributed by atoms with E-state index in [-0.39, 0.29) is 5.54 Å². The van der Waals surface area contributed by atoms with E-state index in [9.17, 15) is 0 Å². The van der Waals surface area contributed by atoms with Gasteiger partial charge in [0.1, 0.15) is 0 Å². The van der Waals surface area contributed by atoms with E-state index >= 15 is 0 Å². The van der Waals surface area contributed by atoms with Gasteiger partial charge in [0.05, 0.1) is 12.1 Å². The molecule has 5 nitrogen and oxygen atoms in total. The standard InChI is InChI=1S/C10H16ClN3O2/c1-10(4-2-6-15-7-10)12-9-14-13-8(16-9)3-5-11/h2-7H2,1H3,(H,12,14). The number of alkyl halides is 1. The Kier molecular flexibility index (Phi) is 3.66. The van der Waals surface area contributed by atoms with Gasteiger partial charge in [-0.3, -0.25) is 0 Å². The van der Waals surface area contributed by atoms with Gasteiger partial charge in [-0.15, -0.1) is 16.7 Å². The van der Waals surface area contributed by atoms with Crippen LogP contribution >= 0.6 is 11.6 Å². The molecule has 1 N–H and O–H groups in total. The highest BCUT2D eigenvalue weighted by atomic mass is 35.5. The number of hydrogen-bond acceptors (Lipinski definition) is 5. The summed E-state index contributed by atoms with van der Waals surface area (Å²) in [6.07, 6.45) is 2.69. The summed E-state index contributed by atoms with van der Waals surface area (Å²) in [5.74, 6) is 1.06. The first kappa shape index (κ1) is 11.7. The zero-order valence-electron chi connectivity index (χ0n) is 9.33. The molecule has 1 aromatic rings. The fourth-order valence-corrected chi connectivity index (χ4v) is 1.94. The highest BCUT2D eigenvalue weighted by molar-refractivity contribution is 6.17. The quantitative estimate of drug-likeness (QED) is 0.820. The predicted molar refractivity (Wildman–Crippen MR) is 60.8 cm³/mol. The van der Waals surface area contributed by atoms with E-state index in [1.165, 1.54) is 0 Å². The van der Waals surface area contributed by atoms with Gasteiger partial charge in [0, 0.05) is 18.9 Å². The monoisotopic (exact) mass is 245 g/mol. The van der Waals surface area contributed by atoms with Crippen molar-refractivity contribution in [2.24, 2.45) is 0 Å². The minimum absolute atomic E-state index is 0.108. The molecular weight excluding hydrogens is 230 g/mol. The van der Waals surface area contributed by atoms with Crippen LogP contribution in [0.2, 0.25) is 0 Å². The summed E-state index contributed by atoms with van der Waals surface area (Å²) in [5.41, 5.74) is -0.108. The summed E-state index contributed by atoms with van der Waals surface area (Å²) in [7, 11) is 0. The Morgan fingerprint density at radius 3 is 3.06 bits per heavy atom. The minimum Gasteiger partial charge on any atom is -0.408 e. The molecule has 0 saturated carbocycles. The van der Waals surface area contributed by atoms with Crippen molar-refractivity contribution in [3.63, 3.8) is 0 Å². The van der Waals surface area contributed by atoms with Crippen LogP contribution in [0, 0.1) is 0 Å². The first-order chi connectivity index (χ1) is 7.72. The van der Waals surface area contributed by atoms with Crippen LogP contribution in [0.25, 0.3) is 0 Å². The zero-order chi connectivity index (χ0) is 11.4. The number of nitrogens with one attached hydrogen (secondary N) is 1. The predicted octanol–water partition coefficient (Wildman–Crippen LogP) is 1.83. The molecule has 0 radical (unpaired) electrons. The number of anilines is 1. The Bertz CT molecular complexity index is 337. The molecule has 1 atom stereocenters. The van der Waals surface area contributed by atoms with Gasteiger partial charge in [-0.25, -0.2) is 0 Å². The molecule has 0 aliphatic carbocycles. The first-order valence-electron chi connectivity index (χ1n) is 5.46. The Hall–Kier alpha value is -0.810. The number of aromatic nitrogens is 2. The molecule has 1 aliphatic rings. The second kappa shape index (κ2) is 5.01. The van der Waals surface area contributed by atoms with Gasteiger partial charge < -0.3 is 14.5 Å². The van der Waals surface area contributed by atoms with E-state index in [1.807, 2.05) is 0 Å². The van der Waals surface area contributed by atoms with Gasteiger partial charge in [-0.2, -0.15) is 0 Å². The van der Waals surface area contributed by atoms with Crippen molar-refractivity contribution in [1.29, 1.82) is 0 Å². The lowest BCUT2D eigenvalue weighted by atomic mass is 9.95. The Labute approximate surface area is 99.5 Å². The SMILES string of the molecule is CC1(Nc2nnc(CCCl)o2)CCCOC1. The maximum atomic E-state index is 5.60. The van der Waals surface area contributed by atoms with Gasteiger partial charge in [0.25, 0.3) is 0 Å². The normalized spacial score (nSPS) is 25.6. The topological polar surface area (TPSA) is 60.2 Å². The lowest BCUT2D eigenvalue weighted by molar-refractivity contribution is 0.0530. The van der Waals surface area contributed by atoms with Gasteiger partial charge in [0.15, 0.2) is 0 Å². The largest absolute Gasteiger partial charge is 0.408 e. The Morgan fingerprint density at radius 1 is 1.50 bits per heavy atom. The summed E-state index contributed by atoms with van der Waals surface area (Å²) in [6.45, 7) is 3.59. The highest BCUT2D eigenvalue weighted by Crippen LogP contribution is 2.23. The van der Waals surface area contributed by atoms with Crippen molar-refractivity contribution in [3.8, 4) is 0 Å². The van der Waals surface area contributed by atoms with E-state index < -0.39 is 0 Å². The molecule has 16 heavy (non-hydrogen) atoms. The van der Waals surface area contributed by atoms with Crippen LogP contribution in [0.15, 0.2) is 4.42 Å². The van der Waals surface area contributed by atoms with Crippen LogP contribution in [0.5, 0.6) is 0 Å². The third-order valence-electron chi connectivity index (χ3n) is 2.62. The van der Waals surface area contributed by atoms with Crippen molar-refractivity contribution in [2.45, 2.75) is 31.7 Å². The van der Waals surface area contributed by atoms with Crippen LogP contribution in [0.3, 0.4) is 0 Å². The van der Waals surface area contributed by atoms with Crippen molar-refractivity contribution >= 4 is 17.6 Å². The molecule has 2 heterocycles. The summed E-state index contributed by atoms with van der Waals surface area (Å²) >= 11 is 5.60. The van der Waals surface area contributed by atoms with Crippen molar-refractivity contribution in [3.05, 3.63) is 5.89 Å². The third-order valence-corrected chi connectivity index (χ3v) is 2.81. The molecule has 0 bridgehead atoms. The Balaban J connectivity index is 1.96. The van der Waals surface area contributed by atoms with Gasteiger partial charge in [0.2, 0.25) is 5.89 Å². The van der Waals surface area contributed by atoms with Crippen LogP contribution < -0.4 is 5.32 Å². The summed E-state index contributed by atoms with van der Waals surface area (Å²) in [6, 6.07) is 0.452. The molecule has 1 aliphatic heterocycles. The van der Waals surface area contributed by atoms with E-state index in [0.29, 0.717) is 30.8 Å². The van der Waals surface area contributed by atoms with Crippen molar-refractivity contribution < 1.29 is 9.15 Å². The Morgan fingerprint density at radius 2 is 2.38 bits per heavy atom. The average molecular weight is 246 g/mol. The van der Waals surface area contributed by atoms with Crippen LogP contribution in [-0.4, -0.2) is 34.8 Å². The van der Waals surface area contributed by atoms with E-state index in [0.717, 1.165) is 19.4 Å². The minimum atomic E-state index is -0.108. The highest BCUT2D eigenvalue weighted by Gasteiger charge is 2.29. The summed E-state index contributed by atoms with van der Waals surface area (Å²) < 4.78 is 10.9. The molecule has 6 heteroatoms. The fourth-order valence-electron chi connectivity index (χ4n) is 1.78. The summed E-state index contributed by atoms with van der Waals surface area (Å²) in [4.78, 5) is 0. The second-order valence-corrected chi connectivity index (χ2v) is 4.66. The number of aryl methyl sites for hydroxylation is 1. The van der Waals surface area contributed by atoms with Gasteiger partial charge in [-0.05, 0) is 19.8 Å². The molecule has 1 unspecified atom stereocenters. The van der Waals surface area contributed by atoms with Crippen LogP contribution in [0.1, 0.15) is 25.7 Å². The first-order valence-corrected chi connectivity index (χ1v) is 6.00. The lowest BCUT2D eigenvalue weighted by Gasteiger charge is -2.33. The molecule has 0 aromatic carbocycles. The number of ether oxygens (including phenoxy) is 1. The number of halogens is 1. The molecule has 90 valence electrons. The smallest absolute Gasteiger partial charge is 0.315 e. The molecule has 2 rings (SSSR count). The van der Waals surface area contributed by atoms with Gasteiger partial charge >= 0.3 is 6.01 Å². The molecule has 1 fully saturated rings. The van der Waals surface area contributed by atoms with E-state index in [2.05, 4.69) is 22.4 Å². The lowest BCUT2D eigenvalue weighted by Crippen LogP contribution is -2.43. The molecule has 0 spiro atoms.